The standard InChI is InChI=1S/C13H19N3O2/c1-3-12(17)15-10-6-5-7-11(8-10)16-13(18)9-14-4-2/h5-8,14H,3-4,9H2,1-2H3,(H,15,17)(H,16,18). The first-order valence-corrected chi connectivity index (χ1v) is 6.06. The highest BCUT2D eigenvalue weighted by atomic mass is 16.2. The Kier molecular flexibility index (Phi) is 5.87. The van der Waals surface area contributed by atoms with E-state index in [-0.39, 0.29) is 18.4 Å². The molecule has 0 saturated heterocycles. The molecule has 0 unspecified atom stereocenters. The van der Waals surface area contributed by atoms with E-state index in [0.29, 0.717) is 17.8 Å². The molecule has 0 aromatic heterocycles. The van der Waals surface area contributed by atoms with Gasteiger partial charge in [0.2, 0.25) is 11.8 Å². The largest absolute Gasteiger partial charge is 0.326 e. The molecular formula is C13H19N3O2. The quantitative estimate of drug-likeness (QED) is 0.717. The Hall–Kier alpha value is -1.88. The molecule has 0 heterocycles. The van der Waals surface area contributed by atoms with E-state index < -0.39 is 0 Å². The zero-order valence-corrected chi connectivity index (χ0v) is 10.7. The molecule has 0 spiro atoms. The zero-order valence-electron chi connectivity index (χ0n) is 10.7. The van der Waals surface area contributed by atoms with E-state index in [1.165, 1.54) is 0 Å². The monoisotopic (exact) mass is 249 g/mol. The number of carbonyl (C=O) groups is 2. The maximum absolute atomic E-state index is 11.5. The smallest absolute Gasteiger partial charge is 0.238 e. The first kappa shape index (κ1) is 14.2. The van der Waals surface area contributed by atoms with Gasteiger partial charge in [-0.15, -0.1) is 0 Å². The van der Waals surface area contributed by atoms with Crippen LogP contribution in [0.1, 0.15) is 20.3 Å². The molecule has 1 aromatic rings. The van der Waals surface area contributed by atoms with Gasteiger partial charge in [-0.05, 0) is 24.7 Å². The lowest BCUT2D eigenvalue weighted by Crippen LogP contribution is -2.27. The molecule has 0 bridgehead atoms. The summed E-state index contributed by atoms with van der Waals surface area (Å²) in [6, 6.07) is 7.09. The minimum Gasteiger partial charge on any atom is -0.326 e. The van der Waals surface area contributed by atoms with Crippen molar-refractivity contribution in [3.63, 3.8) is 0 Å². The Morgan fingerprint density at radius 3 is 2.22 bits per heavy atom. The SMILES string of the molecule is CCNCC(=O)Nc1cccc(NC(=O)CC)c1. The molecule has 98 valence electrons. The van der Waals surface area contributed by atoms with Crippen molar-refractivity contribution in [3.8, 4) is 0 Å². The predicted octanol–water partition coefficient (Wildman–Crippen LogP) is 1.58. The van der Waals surface area contributed by atoms with Gasteiger partial charge in [0.15, 0.2) is 0 Å². The summed E-state index contributed by atoms with van der Waals surface area (Å²) in [5.41, 5.74) is 1.36. The molecule has 0 aliphatic heterocycles. The molecule has 0 radical (unpaired) electrons. The topological polar surface area (TPSA) is 70.2 Å². The Morgan fingerprint density at radius 2 is 1.67 bits per heavy atom. The summed E-state index contributed by atoms with van der Waals surface area (Å²) in [7, 11) is 0. The predicted molar refractivity (Wildman–Crippen MR) is 72.5 cm³/mol. The maximum Gasteiger partial charge on any atom is 0.238 e. The van der Waals surface area contributed by atoms with E-state index in [9.17, 15) is 9.59 Å². The molecule has 2 amide bonds. The summed E-state index contributed by atoms with van der Waals surface area (Å²) >= 11 is 0. The van der Waals surface area contributed by atoms with Crippen molar-refractivity contribution in [2.24, 2.45) is 0 Å². The molecule has 3 N–H and O–H groups in total. The van der Waals surface area contributed by atoms with Crippen LogP contribution in [0.5, 0.6) is 0 Å². The Morgan fingerprint density at radius 1 is 1.06 bits per heavy atom. The van der Waals surface area contributed by atoms with Gasteiger partial charge in [-0.25, -0.2) is 0 Å². The van der Waals surface area contributed by atoms with Crippen LogP contribution in [-0.4, -0.2) is 24.9 Å². The second kappa shape index (κ2) is 7.45. The van der Waals surface area contributed by atoms with E-state index in [2.05, 4.69) is 16.0 Å². The number of likely N-dealkylation sites (N-methyl/N-ethyl adjacent to an activating group) is 1. The van der Waals surface area contributed by atoms with Crippen LogP contribution in [0.2, 0.25) is 0 Å². The number of nitrogens with one attached hydrogen (secondary N) is 3. The molecule has 5 heteroatoms. The van der Waals surface area contributed by atoms with Crippen molar-refractivity contribution in [1.82, 2.24) is 5.32 Å². The Bertz CT molecular complexity index is 418. The van der Waals surface area contributed by atoms with Crippen LogP contribution >= 0.6 is 0 Å². The lowest BCUT2D eigenvalue weighted by atomic mass is 10.2. The summed E-state index contributed by atoms with van der Waals surface area (Å²) in [4.78, 5) is 22.7. The third-order valence-corrected chi connectivity index (χ3v) is 2.29. The molecular weight excluding hydrogens is 230 g/mol. The van der Waals surface area contributed by atoms with Crippen molar-refractivity contribution in [3.05, 3.63) is 24.3 Å². The molecule has 18 heavy (non-hydrogen) atoms. The van der Waals surface area contributed by atoms with Crippen molar-refractivity contribution in [2.75, 3.05) is 23.7 Å². The van der Waals surface area contributed by atoms with E-state index in [1.54, 1.807) is 31.2 Å². The summed E-state index contributed by atoms with van der Waals surface area (Å²) in [5.74, 6) is -0.151. The molecule has 0 atom stereocenters. The average molecular weight is 249 g/mol. The Labute approximate surface area is 107 Å². The van der Waals surface area contributed by atoms with Gasteiger partial charge >= 0.3 is 0 Å². The van der Waals surface area contributed by atoms with Gasteiger partial charge in [-0.2, -0.15) is 0 Å². The molecule has 0 aliphatic rings. The molecule has 0 saturated carbocycles. The van der Waals surface area contributed by atoms with Crippen molar-refractivity contribution in [2.45, 2.75) is 20.3 Å². The number of hydrogen-bond acceptors (Lipinski definition) is 3. The summed E-state index contributed by atoms with van der Waals surface area (Å²) in [6.45, 7) is 4.76. The van der Waals surface area contributed by atoms with Gasteiger partial charge in [-0.3, -0.25) is 9.59 Å². The second-order valence-electron chi connectivity index (χ2n) is 3.81. The van der Waals surface area contributed by atoms with Gasteiger partial charge in [0.1, 0.15) is 0 Å². The van der Waals surface area contributed by atoms with Crippen LogP contribution in [-0.2, 0) is 9.59 Å². The number of amides is 2. The lowest BCUT2D eigenvalue weighted by molar-refractivity contribution is -0.116. The number of carbonyl (C=O) groups excluding carboxylic acids is 2. The zero-order chi connectivity index (χ0) is 13.4. The van der Waals surface area contributed by atoms with E-state index >= 15 is 0 Å². The van der Waals surface area contributed by atoms with E-state index in [1.807, 2.05) is 6.92 Å². The minimum absolute atomic E-state index is 0.0499. The van der Waals surface area contributed by atoms with Gasteiger partial charge in [0, 0.05) is 17.8 Å². The van der Waals surface area contributed by atoms with E-state index in [0.717, 1.165) is 6.54 Å². The van der Waals surface area contributed by atoms with Crippen LogP contribution in [0.25, 0.3) is 0 Å². The van der Waals surface area contributed by atoms with Crippen molar-refractivity contribution >= 4 is 23.2 Å². The highest BCUT2D eigenvalue weighted by Gasteiger charge is 2.03. The lowest BCUT2D eigenvalue weighted by Gasteiger charge is -2.08. The van der Waals surface area contributed by atoms with Gasteiger partial charge in [0.05, 0.1) is 6.54 Å². The fourth-order valence-electron chi connectivity index (χ4n) is 1.37. The molecule has 1 rings (SSSR count). The van der Waals surface area contributed by atoms with Crippen LogP contribution in [0, 0.1) is 0 Å². The molecule has 0 fully saturated rings. The molecule has 5 nitrogen and oxygen atoms in total. The van der Waals surface area contributed by atoms with Gasteiger partial charge < -0.3 is 16.0 Å². The third-order valence-electron chi connectivity index (χ3n) is 2.29. The number of rotatable bonds is 6. The van der Waals surface area contributed by atoms with Crippen LogP contribution < -0.4 is 16.0 Å². The molecule has 0 aliphatic carbocycles. The fraction of sp³-hybridized carbons (Fsp3) is 0.385. The third kappa shape index (κ3) is 4.97. The van der Waals surface area contributed by atoms with Gasteiger partial charge in [0.25, 0.3) is 0 Å². The Balaban J connectivity index is 2.59. The summed E-state index contributed by atoms with van der Waals surface area (Å²) < 4.78 is 0. The normalized spacial score (nSPS) is 9.89. The van der Waals surface area contributed by atoms with Gasteiger partial charge in [-0.1, -0.05) is 19.9 Å². The summed E-state index contributed by atoms with van der Waals surface area (Å²) in [6.07, 6.45) is 0.428. The van der Waals surface area contributed by atoms with E-state index in [4.69, 9.17) is 0 Å². The minimum atomic E-state index is -0.101. The average Bonchev–Trinajstić information content (AvgIpc) is 2.36. The van der Waals surface area contributed by atoms with Crippen LogP contribution in [0.4, 0.5) is 11.4 Å². The highest BCUT2D eigenvalue weighted by molar-refractivity contribution is 5.94. The van der Waals surface area contributed by atoms with Crippen LogP contribution in [0.3, 0.4) is 0 Å². The number of benzene rings is 1. The van der Waals surface area contributed by atoms with Crippen molar-refractivity contribution < 1.29 is 9.59 Å². The number of anilines is 2. The molecule has 1 aromatic carbocycles. The van der Waals surface area contributed by atoms with Crippen LogP contribution in [0.15, 0.2) is 24.3 Å². The first-order valence-electron chi connectivity index (χ1n) is 6.06. The summed E-state index contributed by atoms with van der Waals surface area (Å²) in [5, 5.41) is 8.44. The fourth-order valence-corrected chi connectivity index (χ4v) is 1.37. The maximum atomic E-state index is 11.5. The first-order chi connectivity index (χ1) is 8.65. The second-order valence-corrected chi connectivity index (χ2v) is 3.81. The highest BCUT2D eigenvalue weighted by Crippen LogP contribution is 2.15. The van der Waals surface area contributed by atoms with Crippen molar-refractivity contribution in [1.29, 1.82) is 0 Å². The number of hydrogen-bond donors (Lipinski definition) is 3.